The number of halogens is 1. The van der Waals surface area contributed by atoms with E-state index in [4.69, 9.17) is 9.47 Å². The standard InChI is InChI=1S/C36H48FN5O11S2/c1-35(2,3)53-34(47)42(54(4,48)49)28-14-9-7-5-6-8-12-23-18-36(23,32(45)39-55(50,51)25-15-16-25)38-30(43)29-17-24(20-41(29)31(28)44)52-33(46)40-19-22-11-10-13-27(37)26(22)21-40/h8,10-13,23-25,28-29H,5-7,9,14-21H2,1-4H3,(H,38,43)(H,39,45)/b12-8-/t23-,24-,28+,29+,36-/m1/s1. The van der Waals surface area contributed by atoms with Crippen LogP contribution in [-0.2, 0) is 57.0 Å². The number of carbonyl (C=O) groups excluding carboxylic acids is 5. The van der Waals surface area contributed by atoms with Crippen LogP contribution in [0.4, 0.5) is 14.0 Å². The average Bonchev–Trinajstić information content (AvgIpc) is 3.96. The molecular weight excluding hydrogens is 762 g/mol. The summed E-state index contributed by atoms with van der Waals surface area (Å²) >= 11 is 0. The summed E-state index contributed by atoms with van der Waals surface area (Å²) < 4.78 is 80.3. The number of carbonyl (C=O) groups is 5. The van der Waals surface area contributed by atoms with E-state index in [0.29, 0.717) is 54.0 Å². The fraction of sp³-hybridized carbons (Fsp3) is 0.639. The molecule has 1 saturated heterocycles. The molecular formula is C36H48FN5O11S2. The number of benzene rings is 1. The molecule has 2 aliphatic carbocycles. The number of allylic oxidation sites excluding steroid dienone is 1. The van der Waals surface area contributed by atoms with Gasteiger partial charge in [0.1, 0.15) is 35.1 Å². The number of sulfonamides is 2. The van der Waals surface area contributed by atoms with Crippen molar-refractivity contribution in [3.05, 3.63) is 47.3 Å². The van der Waals surface area contributed by atoms with Gasteiger partial charge in [-0.15, -0.1) is 0 Å². The highest BCUT2D eigenvalue weighted by Gasteiger charge is 2.62. The molecule has 0 aromatic heterocycles. The molecule has 2 saturated carbocycles. The first-order valence-electron chi connectivity index (χ1n) is 18.5. The van der Waals surface area contributed by atoms with Crippen LogP contribution in [0, 0.1) is 11.7 Å². The van der Waals surface area contributed by atoms with Crippen LogP contribution in [0.5, 0.6) is 0 Å². The molecule has 19 heteroatoms. The van der Waals surface area contributed by atoms with Gasteiger partial charge in [-0.1, -0.05) is 37.1 Å². The van der Waals surface area contributed by atoms with Gasteiger partial charge in [-0.2, -0.15) is 4.31 Å². The summed E-state index contributed by atoms with van der Waals surface area (Å²) in [6.45, 7) is 4.21. The van der Waals surface area contributed by atoms with E-state index in [-0.39, 0.29) is 32.4 Å². The lowest BCUT2D eigenvalue weighted by atomic mass is 10.0. The molecule has 302 valence electrons. The van der Waals surface area contributed by atoms with Gasteiger partial charge in [0.2, 0.25) is 31.9 Å². The van der Waals surface area contributed by atoms with E-state index >= 15 is 0 Å². The van der Waals surface area contributed by atoms with Crippen LogP contribution in [-0.4, -0.2) is 108 Å². The van der Waals surface area contributed by atoms with Gasteiger partial charge >= 0.3 is 12.2 Å². The van der Waals surface area contributed by atoms with Crippen molar-refractivity contribution in [3.63, 3.8) is 0 Å². The van der Waals surface area contributed by atoms with Crippen molar-refractivity contribution in [2.75, 3.05) is 12.8 Å². The Morgan fingerprint density at radius 3 is 2.42 bits per heavy atom. The van der Waals surface area contributed by atoms with Crippen LogP contribution in [0.25, 0.3) is 0 Å². The number of hydrogen-bond acceptors (Lipinski definition) is 11. The van der Waals surface area contributed by atoms with E-state index in [1.807, 2.05) is 6.08 Å². The lowest BCUT2D eigenvalue weighted by Gasteiger charge is -2.35. The fourth-order valence-corrected chi connectivity index (χ4v) is 9.77. The highest BCUT2D eigenvalue weighted by Crippen LogP contribution is 2.46. The zero-order chi connectivity index (χ0) is 40.1. The molecule has 5 atom stereocenters. The van der Waals surface area contributed by atoms with Crippen LogP contribution < -0.4 is 10.0 Å². The summed E-state index contributed by atoms with van der Waals surface area (Å²) in [5, 5.41) is 2.00. The van der Waals surface area contributed by atoms with Gasteiger partial charge < -0.3 is 19.7 Å². The summed E-state index contributed by atoms with van der Waals surface area (Å²) in [6, 6.07) is 1.39. The van der Waals surface area contributed by atoms with Gasteiger partial charge in [-0.05, 0) is 70.9 Å². The van der Waals surface area contributed by atoms with E-state index in [9.17, 15) is 45.2 Å². The molecule has 0 spiro atoms. The molecule has 5 amide bonds. The van der Waals surface area contributed by atoms with Crippen molar-refractivity contribution in [2.24, 2.45) is 5.92 Å². The molecule has 0 unspecified atom stereocenters. The van der Waals surface area contributed by atoms with Crippen LogP contribution in [0.1, 0.15) is 89.7 Å². The molecule has 1 aromatic rings. The number of rotatable bonds is 6. The molecule has 0 radical (unpaired) electrons. The minimum absolute atomic E-state index is 0.0583. The lowest BCUT2D eigenvalue weighted by Crippen LogP contribution is -2.59. The van der Waals surface area contributed by atoms with Crippen LogP contribution in [0.3, 0.4) is 0 Å². The molecule has 55 heavy (non-hydrogen) atoms. The molecule has 5 aliphatic rings. The minimum atomic E-state index is -4.44. The molecule has 0 bridgehead atoms. The van der Waals surface area contributed by atoms with Crippen LogP contribution in [0.2, 0.25) is 0 Å². The van der Waals surface area contributed by atoms with Gasteiger partial charge in [0.25, 0.3) is 5.91 Å². The third kappa shape index (κ3) is 8.92. The molecule has 3 aliphatic heterocycles. The lowest BCUT2D eigenvalue weighted by molar-refractivity contribution is -0.142. The smallest absolute Gasteiger partial charge is 0.424 e. The van der Waals surface area contributed by atoms with Crippen molar-refractivity contribution in [1.82, 2.24) is 24.1 Å². The SMILES string of the molecule is CC(C)(C)OC(=O)N([C@H]1CCCCC/C=C\[C@@H]2C[C@@]2(C(=O)NS(=O)(=O)C2CC2)NC(=O)[C@@H]2C[C@@H](OC(=O)N3Cc4cccc(F)c4C3)CN2C1=O)S(C)(=O)=O. The summed E-state index contributed by atoms with van der Waals surface area (Å²) in [5.74, 6) is -3.76. The minimum Gasteiger partial charge on any atom is -0.444 e. The van der Waals surface area contributed by atoms with E-state index in [1.165, 1.54) is 37.8 Å². The predicted molar refractivity (Wildman–Crippen MR) is 194 cm³/mol. The largest absolute Gasteiger partial charge is 0.444 e. The number of nitrogens with one attached hydrogen (secondary N) is 2. The Hall–Kier alpha value is -4.26. The molecule has 6 rings (SSSR count). The summed E-state index contributed by atoms with van der Waals surface area (Å²) in [5.41, 5.74) is -1.87. The van der Waals surface area contributed by atoms with E-state index < -0.39 is 103 Å². The quantitative estimate of drug-likeness (QED) is 0.400. The predicted octanol–water partition coefficient (Wildman–Crippen LogP) is 2.82. The summed E-state index contributed by atoms with van der Waals surface area (Å²) in [4.78, 5) is 71.9. The van der Waals surface area contributed by atoms with E-state index in [0.717, 1.165) is 11.2 Å². The Kier molecular flexibility index (Phi) is 11.0. The molecule has 2 N–H and O–H groups in total. The molecule has 16 nitrogen and oxygen atoms in total. The van der Waals surface area contributed by atoms with Gasteiger partial charge in [-0.3, -0.25) is 24.0 Å². The number of ether oxygens (including phenoxy) is 2. The second kappa shape index (κ2) is 15.0. The first kappa shape index (κ1) is 40.4. The second-order valence-electron chi connectivity index (χ2n) is 16.0. The first-order valence-corrected chi connectivity index (χ1v) is 21.9. The average molecular weight is 810 g/mol. The Bertz CT molecular complexity index is 2000. The topological polar surface area (TPSA) is 206 Å². The number of hydrogen-bond donors (Lipinski definition) is 2. The first-order chi connectivity index (χ1) is 25.7. The Balaban J connectivity index is 1.32. The van der Waals surface area contributed by atoms with Gasteiger partial charge in [-0.25, -0.2) is 30.8 Å². The monoisotopic (exact) mass is 809 g/mol. The third-order valence-corrected chi connectivity index (χ3v) is 13.4. The zero-order valence-corrected chi connectivity index (χ0v) is 32.9. The normalized spacial score (nSPS) is 28.0. The van der Waals surface area contributed by atoms with Gasteiger partial charge in [0, 0.05) is 24.4 Å². The molecule has 1 aromatic carbocycles. The van der Waals surface area contributed by atoms with Crippen LogP contribution in [0.15, 0.2) is 30.4 Å². The highest BCUT2D eigenvalue weighted by molar-refractivity contribution is 7.91. The van der Waals surface area contributed by atoms with Crippen molar-refractivity contribution in [1.29, 1.82) is 0 Å². The maximum Gasteiger partial charge on any atom is 0.424 e. The summed E-state index contributed by atoms with van der Waals surface area (Å²) in [7, 11) is -8.44. The summed E-state index contributed by atoms with van der Waals surface area (Å²) in [6.07, 6.45) is 3.56. The second-order valence-corrected chi connectivity index (χ2v) is 19.9. The number of amides is 5. The Labute approximate surface area is 320 Å². The van der Waals surface area contributed by atoms with E-state index in [2.05, 4.69) is 10.0 Å². The van der Waals surface area contributed by atoms with Crippen molar-refractivity contribution < 1.29 is 54.7 Å². The molecule has 3 fully saturated rings. The Morgan fingerprint density at radius 1 is 1.04 bits per heavy atom. The van der Waals surface area contributed by atoms with Crippen molar-refractivity contribution in [2.45, 2.75) is 126 Å². The van der Waals surface area contributed by atoms with Gasteiger partial charge in [0.15, 0.2) is 0 Å². The van der Waals surface area contributed by atoms with Crippen molar-refractivity contribution in [3.8, 4) is 0 Å². The van der Waals surface area contributed by atoms with Gasteiger partial charge in [0.05, 0.1) is 24.6 Å². The zero-order valence-electron chi connectivity index (χ0n) is 31.3. The maximum atomic E-state index is 14.7. The maximum absolute atomic E-state index is 14.7. The number of nitrogens with zero attached hydrogens (tertiary/aromatic N) is 3. The molecule has 3 heterocycles. The third-order valence-electron chi connectivity index (χ3n) is 10.5. The van der Waals surface area contributed by atoms with Crippen molar-refractivity contribution >= 4 is 50.0 Å². The van der Waals surface area contributed by atoms with Crippen LogP contribution >= 0.6 is 0 Å². The highest BCUT2D eigenvalue weighted by atomic mass is 32.2. The number of fused-ring (bicyclic) bond motifs is 3. The Morgan fingerprint density at radius 2 is 1.76 bits per heavy atom. The fourth-order valence-electron chi connectivity index (χ4n) is 7.44. The van der Waals surface area contributed by atoms with E-state index in [1.54, 1.807) is 12.1 Å².